The lowest BCUT2D eigenvalue weighted by Gasteiger charge is -2.56. The monoisotopic (exact) mass is 290 g/mol. The average molecular weight is 290 g/mol. The Kier molecular flexibility index (Phi) is 2.75. The Bertz CT molecular complexity index is 528. The fourth-order valence-corrected chi connectivity index (χ4v) is 6.12. The van der Waals surface area contributed by atoms with Gasteiger partial charge >= 0.3 is 0 Å². The molecule has 20 heavy (non-hydrogen) atoms. The standard InChI is InChI=1S/C16H22N2OS/c1-9-14(20-10(2)17-9)15(19)18-16-6-11-3-12(7-16)5-13(4-11)8-16/h11-13H,3-8H2,1-2H3,(H,18,19). The summed E-state index contributed by atoms with van der Waals surface area (Å²) in [7, 11) is 0. The summed E-state index contributed by atoms with van der Waals surface area (Å²) < 4.78 is 0. The maximum atomic E-state index is 12.6. The molecule has 4 heteroatoms. The first-order chi connectivity index (χ1) is 9.53. The molecule has 4 bridgehead atoms. The molecule has 0 unspecified atom stereocenters. The molecule has 1 N–H and O–H groups in total. The lowest BCUT2D eigenvalue weighted by atomic mass is 9.53. The number of carbonyl (C=O) groups is 1. The molecule has 4 aliphatic carbocycles. The van der Waals surface area contributed by atoms with Crippen molar-refractivity contribution in [2.24, 2.45) is 17.8 Å². The van der Waals surface area contributed by atoms with Gasteiger partial charge in [0.25, 0.3) is 5.91 Å². The number of nitrogens with zero attached hydrogens (tertiary/aromatic N) is 1. The molecule has 0 aromatic carbocycles. The molecular formula is C16H22N2OS. The van der Waals surface area contributed by atoms with Crippen LogP contribution < -0.4 is 5.32 Å². The number of aromatic nitrogens is 1. The van der Waals surface area contributed by atoms with Gasteiger partial charge in [-0.05, 0) is 70.1 Å². The molecule has 108 valence electrons. The fraction of sp³-hybridized carbons (Fsp3) is 0.750. The molecule has 1 heterocycles. The Morgan fingerprint density at radius 1 is 1.15 bits per heavy atom. The van der Waals surface area contributed by atoms with E-state index >= 15 is 0 Å². The molecule has 4 aliphatic rings. The predicted octanol–water partition coefficient (Wildman–Crippen LogP) is 3.46. The molecule has 0 saturated heterocycles. The predicted molar refractivity (Wildman–Crippen MR) is 80.0 cm³/mol. The zero-order chi connectivity index (χ0) is 13.9. The largest absolute Gasteiger partial charge is 0.346 e. The van der Waals surface area contributed by atoms with Gasteiger partial charge in [0.15, 0.2) is 0 Å². The highest BCUT2D eigenvalue weighted by molar-refractivity contribution is 7.13. The topological polar surface area (TPSA) is 42.0 Å². The average Bonchev–Trinajstić information content (AvgIpc) is 2.66. The van der Waals surface area contributed by atoms with E-state index in [0.29, 0.717) is 0 Å². The normalized spacial score (nSPS) is 38.2. The molecule has 4 saturated carbocycles. The van der Waals surface area contributed by atoms with Gasteiger partial charge in [-0.3, -0.25) is 4.79 Å². The molecule has 0 aliphatic heterocycles. The summed E-state index contributed by atoms with van der Waals surface area (Å²) in [5.74, 6) is 2.72. The Balaban J connectivity index is 1.57. The number of nitrogens with one attached hydrogen (secondary N) is 1. The van der Waals surface area contributed by atoms with E-state index in [4.69, 9.17) is 0 Å². The summed E-state index contributed by atoms with van der Waals surface area (Å²) in [4.78, 5) is 17.8. The minimum absolute atomic E-state index is 0.107. The summed E-state index contributed by atoms with van der Waals surface area (Å²) >= 11 is 1.53. The third kappa shape index (κ3) is 2.00. The van der Waals surface area contributed by atoms with Crippen LogP contribution in [0.2, 0.25) is 0 Å². The van der Waals surface area contributed by atoms with Crippen molar-refractivity contribution in [2.75, 3.05) is 0 Å². The van der Waals surface area contributed by atoms with Crippen LogP contribution in [0, 0.1) is 31.6 Å². The van der Waals surface area contributed by atoms with Crippen molar-refractivity contribution in [3.63, 3.8) is 0 Å². The maximum Gasteiger partial charge on any atom is 0.263 e. The first-order valence-electron chi connectivity index (χ1n) is 7.79. The van der Waals surface area contributed by atoms with Crippen LogP contribution >= 0.6 is 11.3 Å². The molecule has 1 aromatic heterocycles. The first kappa shape index (κ1) is 12.8. The lowest BCUT2D eigenvalue weighted by molar-refractivity contribution is -0.0166. The van der Waals surface area contributed by atoms with Crippen LogP contribution in [0.3, 0.4) is 0 Å². The van der Waals surface area contributed by atoms with E-state index in [9.17, 15) is 4.79 Å². The number of rotatable bonds is 2. The number of hydrogen-bond acceptors (Lipinski definition) is 3. The van der Waals surface area contributed by atoms with Crippen LogP contribution in [0.4, 0.5) is 0 Å². The van der Waals surface area contributed by atoms with Crippen LogP contribution in [0.25, 0.3) is 0 Å². The number of thiazole rings is 1. The Morgan fingerprint density at radius 3 is 2.15 bits per heavy atom. The van der Waals surface area contributed by atoms with Gasteiger partial charge in [-0.25, -0.2) is 4.98 Å². The van der Waals surface area contributed by atoms with E-state index < -0.39 is 0 Å². The molecule has 0 radical (unpaired) electrons. The molecule has 5 rings (SSSR count). The van der Waals surface area contributed by atoms with E-state index in [-0.39, 0.29) is 11.4 Å². The quantitative estimate of drug-likeness (QED) is 0.906. The minimum atomic E-state index is 0.107. The zero-order valence-corrected chi connectivity index (χ0v) is 13.1. The Hall–Kier alpha value is -0.900. The van der Waals surface area contributed by atoms with Gasteiger partial charge in [0.05, 0.1) is 10.7 Å². The zero-order valence-electron chi connectivity index (χ0n) is 12.2. The van der Waals surface area contributed by atoms with Crippen molar-refractivity contribution >= 4 is 17.2 Å². The van der Waals surface area contributed by atoms with Crippen molar-refractivity contribution in [3.05, 3.63) is 15.6 Å². The fourth-order valence-electron chi connectivity index (χ4n) is 5.30. The number of hydrogen-bond donors (Lipinski definition) is 1. The summed E-state index contributed by atoms with van der Waals surface area (Å²) in [6, 6.07) is 0. The van der Waals surface area contributed by atoms with E-state index in [0.717, 1.165) is 33.3 Å². The third-order valence-corrected chi connectivity index (χ3v) is 6.60. The Labute approximate surface area is 124 Å². The van der Waals surface area contributed by atoms with E-state index in [1.165, 1.54) is 49.9 Å². The van der Waals surface area contributed by atoms with Gasteiger partial charge in [-0.1, -0.05) is 0 Å². The van der Waals surface area contributed by atoms with Gasteiger partial charge in [-0.2, -0.15) is 0 Å². The molecule has 0 spiro atoms. The summed E-state index contributed by atoms with van der Waals surface area (Å²) in [6.45, 7) is 3.91. The highest BCUT2D eigenvalue weighted by Crippen LogP contribution is 2.55. The van der Waals surface area contributed by atoms with Crippen molar-refractivity contribution in [1.82, 2.24) is 10.3 Å². The lowest BCUT2D eigenvalue weighted by Crippen LogP contribution is -2.59. The molecular weight excluding hydrogens is 268 g/mol. The Morgan fingerprint density at radius 2 is 1.70 bits per heavy atom. The number of amides is 1. The molecule has 3 nitrogen and oxygen atoms in total. The van der Waals surface area contributed by atoms with Crippen molar-refractivity contribution in [2.45, 2.75) is 57.9 Å². The second kappa shape index (κ2) is 4.30. The van der Waals surface area contributed by atoms with Gasteiger partial charge in [-0.15, -0.1) is 11.3 Å². The number of carbonyl (C=O) groups excluding carboxylic acids is 1. The molecule has 1 amide bonds. The van der Waals surface area contributed by atoms with Gasteiger partial charge < -0.3 is 5.32 Å². The number of aryl methyl sites for hydroxylation is 2. The van der Waals surface area contributed by atoms with Crippen LogP contribution in [0.5, 0.6) is 0 Å². The first-order valence-corrected chi connectivity index (χ1v) is 8.61. The maximum absolute atomic E-state index is 12.6. The van der Waals surface area contributed by atoms with E-state index in [1.807, 2.05) is 13.8 Å². The highest BCUT2D eigenvalue weighted by Gasteiger charge is 2.51. The van der Waals surface area contributed by atoms with Crippen molar-refractivity contribution < 1.29 is 4.79 Å². The van der Waals surface area contributed by atoms with E-state index in [1.54, 1.807) is 0 Å². The van der Waals surface area contributed by atoms with Crippen LogP contribution in [0.1, 0.15) is 58.9 Å². The van der Waals surface area contributed by atoms with Gasteiger partial charge in [0.2, 0.25) is 0 Å². The molecule has 1 aromatic rings. The summed E-state index contributed by atoms with van der Waals surface area (Å²) in [5.41, 5.74) is 0.991. The van der Waals surface area contributed by atoms with E-state index in [2.05, 4.69) is 10.3 Å². The SMILES string of the molecule is Cc1nc(C)c(C(=O)NC23CC4CC(CC(C4)C2)C3)s1. The summed E-state index contributed by atoms with van der Waals surface area (Å²) in [5, 5.41) is 4.41. The molecule has 0 atom stereocenters. The van der Waals surface area contributed by atoms with Crippen molar-refractivity contribution in [1.29, 1.82) is 0 Å². The second-order valence-electron chi connectivity index (χ2n) is 7.30. The summed E-state index contributed by atoms with van der Waals surface area (Å²) in [6.07, 6.45) is 7.86. The van der Waals surface area contributed by atoms with Gasteiger partial charge in [0.1, 0.15) is 4.88 Å². The smallest absolute Gasteiger partial charge is 0.263 e. The minimum Gasteiger partial charge on any atom is -0.346 e. The second-order valence-corrected chi connectivity index (χ2v) is 8.50. The van der Waals surface area contributed by atoms with Gasteiger partial charge in [0, 0.05) is 5.54 Å². The van der Waals surface area contributed by atoms with Crippen LogP contribution in [-0.4, -0.2) is 16.4 Å². The highest BCUT2D eigenvalue weighted by atomic mass is 32.1. The van der Waals surface area contributed by atoms with Crippen LogP contribution in [-0.2, 0) is 0 Å². The van der Waals surface area contributed by atoms with Crippen LogP contribution in [0.15, 0.2) is 0 Å². The van der Waals surface area contributed by atoms with Crippen molar-refractivity contribution in [3.8, 4) is 0 Å². The molecule has 4 fully saturated rings. The third-order valence-electron chi connectivity index (χ3n) is 5.53.